The fourth-order valence-corrected chi connectivity index (χ4v) is 2.86. The molecule has 6 N–H and O–H groups in total. The van der Waals surface area contributed by atoms with Crippen molar-refractivity contribution in [2.75, 3.05) is 0 Å². The second-order valence-electron chi connectivity index (χ2n) is 4.54. The Morgan fingerprint density at radius 1 is 0.957 bits per heavy atom. The Bertz CT molecular complexity index is 740. The van der Waals surface area contributed by atoms with Crippen LogP contribution >= 0.6 is 35.0 Å². The summed E-state index contributed by atoms with van der Waals surface area (Å²) in [5.74, 6) is 0.677. The molecular weight excluding hydrogens is 353 g/mol. The van der Waals surface area contributed by atoms with E-state index in [4.69, 9.17) is 40.4 Å². The van der Waals surface area contributed by atoms with Gasteiger partial charge >= 0.3 is 0 Å². The molecule has 0 aliphatic heterocycles. The van der Waals surface area contributed by atoms with Crippen LogP contribution in [0.4, 0.5) is 5.69 Å². The number of rotatable bonds is 4. The van der Waals surface area contributed by atoms with Crippen LogP contribution in [0.1, 0.15) is 5.56 Å². The lowest BCUT2D eigenvalue weighted by atomic mass is 10.2. The van der Waals surface area contributed by atoms with Gasteiger partial charge in [0.2, 0.25) is 5.96 Å². The fourth-order valence-electron chi connectivity index (χ4n) is 1.70. The molecule has 0 aliphatic rings. The average Bonchev–Trinajstić information content (AvgIpc) is 2.49. The Morgan fingerprint density at radius 2 is 1.65 bits per heavy atom. The van der Waals surface area contributed by atoms with Crippen LogP contribution < -0.4 is 17.2 Å². The quantitative estimate of drug-likeness (QED) is 0.437. The smallest absolute Gasteiger partial charge is 0.223 e. The maximum atomic E-state index is 6.00. The molecule has 0 amide bonds. The third kappa shape index (κ3) is 5.67. The van der Waals surface area contributed by atoms with Crippen molar-refractivity contribution in [1.29, 1.82) is 0 Å². The van der Waals surface area contributed by atoms with Crippen molar-refractivity contribution < 1.29 is 0 Å². The van der Waals surface area contributed by atoms with Crippen LogP contribution in [-0.4, -0.2) is 11.9 Å². The Balaban J connectivity index is 2.00. The maximum Gasteiger partial charge on any atom is 0.223 e. The molecule has 0 aliphatic carbocycles. The zero-order chi connectivity index (χ0) is 16.8. The molecule has 0 aromatic heterocycles. The van der Waals surface area contributed by atoms with Crippen LogP contribution in [0.5, 0.6) is 0 Å². The minimum Gasteiger partial charge on any atom is -0.370 e. The number of aliphatic imine (C=N–C) groups is 2. The average molecular weight is 368 g/mol. The van der Waals surface area contributed by atoms with Crippen molar-refractivity contribution in [3.63, 3.8) is 0 Å². The zero-order valence-corrected chi connectivity index (χ0v) is 14.4. The first-order valence-electron chi connectivity index (χ1n) is 6.54. The highest BCUT2D eigenvalue weighted by Gasteiger charge is 2.01. The van der Waals surface area contributed by atoms with Crippen molar-refractivity contribution >= 4 is 52.6 Å². The molecular formula is C15H15Cl2N5S. The first-order chi connectivity index (χ1) is 10.9. The number of benzene rings is 2. The van der Waals surface area contributed by atoms with E-state index in [-0.39, 0.29) is 11.9 Å². The van der Waals surface area contributed by atoms with E-state index in [1.165, 1.54) is 0 Å². The molecule has 0 saturated carbocycles. The molecule has 23 heavy (non-hydrogen) atoms. The van der Waals surface area contributed by atoms with E-state index >= 15 is 0 Å². The van der Waals surface area contributed by atoms with Crippen molar-refractivity contribution in [1.82, 2.24) is 0 Å². The molecule has 0 fully saturated rings. The summed E-state index contributed by atoms with van der Waals surface area (Å²) in [6.45, 7) is 0. The molecule has 0 atom stereocenters. The number of halogens is 2. The summed E-state index contributed by atoms with van der Waals surface area (Å²) in [5.41, 5.74) is 17.8. The van der Waals surface area contributed by atoms with Gasteiger partial charge in [0.05, 0.1) is 15.7 Å². The number of hydrogen-bond donors (Lipinski definition) is 3. The van der Waals surface area contributed by atoms with Crippen LogP contribution in [0.15, 0.2) is 57.3 Å². The van der Waals surface area contributed by atoms with Gasteiger partial charge in [0.15, 0.2) is 5.96 Å². The van der Waals surface area contributed by atoms with Gasteiger partial charge in [-0.25, -0.2) is 4.99 Å². The Hall–Kier alpha value is -1.89. The number of guanidine groups is 2. The van der Waals surface area contributed by atoms with Gasteiger partial charge in [0, 0.05) is 10.6 Å². The number of nitrogens with zero attached hydrogens (tertiary/aromatic N) is 2. The Kier molecular flexibility index (Phi) is 6.15. The third-order valence-electron chi connectivity index (χ3n) is 2.71. The van der Waals surface area contributed by atoms with E-state index in [2.05, 4.69) is 9.98 Å². The molecule has 0 spiro atoms. The molecule has 2 aromatic rings. The summed E-state index contributed by atoms with van der Waals surface area (Å²) in [6.07, 6.45) is 0. The van der Waals surface area contributed by atoms with E-state index in [9.17, 15) is 0 Å². The second kappa shape index (κ2) is 8.10. The second-order valence-corrected chi connectivity index (χ2v) is 6.40. The van der Waals surface area contributed by atoms with Gasteiger partial charge in [-0.2, -0.15) is 4.99 Å². The summed E-state index contributed by atoms with van der Waals surface area (Å²) in [5, 5.41) is 1.12. The molecule has 0 unspecified atom stereocenters. The topological polar surface area (TPSA) is 103 Å². The van der Waals surface area contributed by atoms with E-state index in [1.807, 2.05) is 36.4 Å². The zero-order valence-electron chi connectivity index (χ0n) is 12.0. The van der Waals surface area contributed by atoms with Crippen molar-refractivity contribution in [3.8, 4) is 0 Å². The molecule has 8 heteroatoms. The highest BCUT2D eigenvalue weighted by Crippen LogP contribution is 2.28. The summed E-state index contributed by atoms with van der Waals surface area (Å²) in [4.78, 5) is 8.84. The molecule has 2 rings (SSSR count). The first kappa shape index (κ1) is 17.5. The van der Waals surface area contributed by atoms with Gasteiger partial charge in [0.25, 0.3) is 0 Å². The van der Waals surface area contributed by atoms with Gasteiger partial charge in [-0.15, -0.1) is 11.8 Å². The van der Waals surface area contributed by atoms with Crippen molar-refractivity contribution in [2.24, 2.45) is 27.2 Å². The maximum absolute atomic E-state index is 6.00. The highest BCUT2D eigenvalue weighted by atomic mass is 35.5. The predicted molar refractivity (Wildman–Crippen MR) is 99.6 cm³/mol. The molecule has 120 valence electrons. The molecule has 0 bridgehead atoms. The lowest BCUT2D eigenvalue weighted by Gasteiger charge is -2.04. The SMILES string of the molecule is NC(N)=NC(N)=Nc1ccc(SCc2ccc(Cl)c(Cl)c2)cc1. The van der Waals surface area contributed by atoms with Crippen LogP contribution in [0.3, 0.4) is 0 Å². The van der Waals surface area contributed by atoms with Crippen molar-refractivity contribution in [3.05, 3.63) is 58.1 Å². The third-order valence-corrected chi connectivity index (χ3v) is 4.54. The first-order valence-corrected chi connectivity index (χ1v) is 8.29. The van der Waals surface area contributed by atoms with Gasteiger partial charge in [-0.05, 0) is 42.0 Å². The fraction of sp³-hybridized carbons (Fsp3) is 0.0667. The van der Waals surface area contributed by atoms with Gasteiger partial charge in [-0.1, -0.05) is 29.3 Å². The largest absolute Gasteiger partial charge is 0.370 e. The normalized spacial score (nSPS) is 11.3. The monoisotopic (exact) mass is 367 g/mol. The van der Waals surface area contributed by atoms with Crippen molar-refractivity contribution in [2.45, 2.75) is 10.6 Å². The van der Waals surface area contributed by atoms with Crippen LogP contribution in [0.25, 0.3) is 0 Å². The standard InChI is InChI=1S/C15H15Cl2N5S/c16-12-6-1-9(7-13(12)17)8-23-11-4-2-10(3-5-11)21-15(20)22-14(18)19/h1-7H,8H2,(H6,18,19,20,21,22). The minimum atomic E-state index is -0.125. The van der Waals surface area contributed by atoms with Crippen LogP contribution in [0, 0.1) is 0 Å². The van der Waals surface area contributed by atoms with E-state index in [0.29, 0.717) is 15.7 Å². The Morgan fingerprint density at radius 3 is 2.26 bits per heavy atom. The molecule has 2 aromatic carbocycles. The van der Waals surface area contributed by atoms with E-state index < -0.39 is 0 Å². The van der Waals surface area contributed by atoms with E-state index in [1.54, 1.807) is 17.8 Å². The highest BCUT2D eigenvalue weighted by molar-refractivity contribution is 7.98. The number of hydrogen-bond acceptors (Lipinski definition) is 2. The van der Waals surface area contributed by atoms with Gasteiger partial charge < -0.3 is 17.2 Å². The molecule has 5 nitrogen and oxygen atoms in total. The minimum absolute atomic E-state index is 0.0150. The van der Waals surface area contributed by atoms with Gasteiger partial charge in [-0.3, -0.25) is 0 Å². The van der Waals surface area contributed by atoms with Crippen LogP contribution in [-0.2, 0) is 5.75 Å². The molecule has 0 heterocycles. The summed E-state index contributed by atoms with van der Waals surface area (Å²) in [6, 6.07) is 13.2. The van der Waals surface area contributed by atoms with Gasteiger partial charge in [0.1, 0.15) is 0 Å². The summed E-state index contributed by atoms with van der Waals surface area (Å²) < 4.78 is 0. The molecule has 0 saturated heterocycles. The predicted octanol–water partition coefficient (Wildman–Crippen LogP) is 3.51. The Labute approximate surface area is 148 Å². The van der Waals surface area contributed by atoms with Crippen LogP contribution in [0.2, 0.25) is 10.0 Å². The lowest BCUT2D eigenvalue weighted by molar-refractivity contribution is 1.35. The molecule has 0 radical (unpaired) electrons. The number of thioether (sulfide) groups is 1. The van der Waals surface area contributed by atoms with E-state index in [0.717, 1.165) is 16.2 Å². The lowest BCUT2D eigenvalue weighted by Crippen LogP contribution is -2.26. The summed E-state index contributed by atoms with van der Waals surface area (Å²) in [7, 11) is 0. The number of nitrogens with two attached hydrogens (primary N) is 3. The summed E-state index contributed by atoms with van der Waals surface area (Å²) >= 11 is 13.6.